The molecule has 0 aliphatic rings. The second-order valence-corrected chi connectivity index (χ2v) is 5.77. The lowest BCUT2D eigenvalue weighted by atomic mass is 10.2. The van der Waals surface area contributed by atoms with Gasteiger partial charge in [0.2, 0.25) is 0 Å². The Morgan fingerprint density at radius 3 is 2.40 bits per heavy atom. The van der Waals surface area contributed by atoms with Crippen molar-refractivity contribution in [2.45, 2.75) is 6.92 Å². The standard InChI is InChI=1S/C14H11Cl3N2S/c1-8-10(16)3-2-4-12(8)18-14(20)19-13-7-9(15)5-6-11(13)17/h2-7H,1H3,(H2,18,19,20). The van der Waals surface area contributed by atoms with Gasteiger partial charge < -0.3 is 10.6 Å². The molecule has 0 fully saturated rings. The molecule has 0 saturated carbocycles. The van der Waals surface area contributed by atoms with Gasteiger partial charge in [-0.15, -0.1) is 0 Å². The Morgan fingerprint density at radius 1 is 0.950 bits per heavy atom. The van der Waals surface area contributed by atoms with E-state index in [1.165, 1.54) is 0 Å². The molecular weight excluding hydrogens is 335 g/mol. The first-order chi connectivity index (χ1) is 9.47. The predicted molar refractivity (Wildman–Crippen MR) is 92.5 cm³/mol. The zero-order chi connectivity index (χ0) is 14.7. The van der Waals surface area contributed by atoms with Crippen LogP contribution in [0, 0.1) is 6.92 Å². The van der Waals surface area contributed by atoms with Gasteiger partial charge in [0.15, 0.2) is 5.11 Å². The van der Waals surface area contributed by atoms with Crippen LogP contribution in [0.2, 0.25) is 15.1 Å². The number of nitrogens with one attached hydrogen (secondary N) is 2. The average molecular weight is 346 g/mol. The Morgan fingerprint density at radius 2 is 1.65 bits per heavy atom. The Kier molecular flexibility index (Phi) is 5.11. The highest BCUT2D eigenvalue weighted by Crippen LogP contribution is 2.26. The largest absolute Gasteiger partial charge is 0.332 e. The van der Waals surface area contributed by atoms with Gasteiger partial charge in [-0.25, -0.2) is 0 Å². The first-order valence-electron chi connectivity index (χ1n) is 5.75. The van der Waals surface area contributed by atoms with Crippen molar-refractivity contribution >= 4 is 63.5 Å². The molecule has 0 aliphatic carbocycles. The Balaban J connectivity index is 2.13. The van der Waals surface area contributed by atoms with Crippen molar-refractivity contribution in [2.24, 2.45) is 0 Å². The summed E-state index contributed by atoms with van der Waals surface area (Å²) in [4.78, 5) is 0. The second-order valence-electron chi connectivity index (χ2n) is 4.12. The van der Waals surface area contributed by atoms with E-state index in [0.717, 1.165) is 11.3 Å². The maximum Gasteiger partial charge on any atom is 0.175 e. The van der Waals surface area contributed by atoms with Crippen LogP contribution < -0.4 is 10.6 Å². The van der Waals surface area contributed by atoms with E-state index in [0.29, 0.717) is 25.9 Å². The summed E-state index contributed by atoms with van der Waals surface area (Å²) >= 11 is 23.3. The van der Waals surface area contributed by atoms with Crippen molar-refractivity contribution in [2.75, 3.05) is 10.6 Å². The number of anilines is 2. The second kappa shape index (κ2) is 6.64. The van der Waals surface area contributed by atoms with Crippen LogP contribution in [-0.2, 0) is 0 Å². The van der Waals surface area contributed by atoms with E-state index in [-0.39, 0.29) is 0 Å². The topological polar surface area (TPSA) is 24.1 Å². The Labute approximate surface area is 138 Å². The van der Waals surface area contributed by atoms with Crippen LogP contribution >= 0.6 is 47.0 Å². The van der Waals surface area contributed by atoms with Crippen molar-refractivity contribution in [3.8, 4) is 0 Å². The summed E-state index contributed by atoms with van der Waals surface area (Å²) in [5.41, 5.74) is 2.42. The highest BCUT2D eigenvalue weighted by Gasteiger charge is 2.06. The average Bonchev–Trinajstić information content (AvgIpc) is 2.39. The number of halogens is 3. The van der Waals surface area contributed by atoms with Crippen LogP contribution in [0.1, 0.15) is 5.56 Å². The van der Waals surface area contributed by atoms with Crippen molar-refractivity contribution in [3.63, 3.8) is 0 Å². The fourth-order valence-electron chi connectivity index (χ4n) is 1.61. The fraction of sp³-hybridized carbons (Fsp3) is 0.0714. The summed E-state index contributed by atoms with van der Waals surface area (Å²) in [7, 11) is 0. The van der Waals surface area contributed by atoms with Gasteiger partial charge in [0.1, 0.15) is 0 Å². The number of rotatable bonds is 2. The summed E-state index contributed by atoms with van der Waals surface area (Å²) in [6.07, 6.45) is 0. The van der Waals surface area contributed by atoms with Crippen LogP contribution in [0.3, 0.4) is 0 Å². The minimum Gasteiger partial charge on any atom is -0.332 e. The highest BCUT2D eigenvalue weighted by molar-refractivity contribution is 7.80. The molecule has 6 heteroatoms. The first kappa shape index (κ1) is 15.4. The van der Waals surface area contributed by atoms with E-state index in [4.69, 9.17) is 47.0 Å². The van der Waals surface area contributed by atoms with E-state index in [9.17, 15) is 0 Å². The monoisotopic (exact) mass is 344 g/mol. The summed E-state index contributed by atoms with van der Waals surface area (Å²) in [5, 5.41) is 8.31. The zero-order valence-corrected chi connectivity index (χ0v) is 13.6. The van der Waals surface area contributed by atoms with E-state index < -0.39 is 0 Å². The molecule has 20 heavy (non-hydrogen) atoms. The van der Waals surface area contributed by atoms with E-state index in [2.05, 4.69) is 10.6 Å². The molecule has 2 nitrogen and oxygen atoms in total. The zero-order valence-electron chi connectivity index (χ0n) is 10.5. The molecular formula is C14H11Cl3N2S. The van der Waals surface area contributed by atoms with Crippen molar-refractivity contribution < 1.29 is 0 Å². The lowest BCUT2D eigenvalue weighted by Gasteiger charge is -2.14. The van der Waals surface area contributed by atoms with E-state index in [1.54, 1.807) is 18.2 Å². The lowest BCUT2D eigenvalue weighted by molar-refractivity contribution is 1.45. The summed E-state index contributed by atoms with van der Waals surface area (Å²) in [6.45, 7) is 1.92. The van der Waals surface area contributed by atoms with Gasteiger partial charge in [-0.2, -0.15) is 0 Å². The molecule has 0 spiro atoms. The molecule has 0 radical (unpaired) electrons. The summed E-state index contributed by atoms with van der Waals surface area (Å²) < 4.78 is 0. The molecule has 0 amide bonds. The van der Waals surface area contributed by atoms with Crippen LogP contribution in [0.5, 0.6) is 0 Å². The quantitative estimate of drug-likeness (QED) is 0.676. The lowest BCUT2D eigenvalue weighted by Crippen LogP contribution is -2.19. The number of thiocarbonyl (C=S) groups is 1. The van der Waals surface area contributed by atoms with E-state index >= 15 is 0 Å². The smallest absolute Gasteiger partial charge is 0.175 e. The van der Waals surface area contributed by atoms with Crippen LogP contribution in [-0.4, -0.2) is 5.11 Å². The highest BCUT2D eigenvalue weighted by atomic mass is 35.5. The third kappa shape index (κ3) is 3.76. The van der Waals surface area contributed by atoms with Crippen molar-refractivity contribution in [1.82, 2.24) is 0 Å². The van der Waals surface area contributed by atoms with Crippen LogP contribution in [0.4, 0.5) is 11.4 Å². The van der Waals surface area contributed by atoms with Gasteiger partial charge in [-0.1, -0.05) is 40.9 Å². The van der Waals surface area contributed by atoms with E-state index in [1.807, 2.05) is 25.1 Å². The molecule has 0 saturated heterocycles. The molecule has 0 unspecified atom stereocenters. The molecule has 0 bridgehead atoms. The maximum atomic E-state index is 6.07. The van der Waals surface area contributed by atoms with Crippen LogP contribution in [0.25, 0.3) is 0 Å². The third-order valence-corrected chi connectivity index (χ3v) is 3.87. The van der Waals surface area contributed by atoms with Gasteiger partial charge in [0.25, 0.3) is 0 Å². The molecule has 104 valence electrons. The SMILES string of the molecule is Cc1c(Cl)cccc1NC(=S)Nc1cc(Cl)ccc1Cl. The number of hydrogen-bond acceptors (Lipinski definition) is 1. The predicted octanol–water partition coefficient (Wildman–Crippen LogP) is 5.76. The van der Waals surface area contributed by atoms with Gasteiger partial charge in [0.05, 0.1) is 10.7 Å². The number of hydrogen-bond donors (Lipinski definition) is 2. The summed E-state index contributed by atoms with van der Waals surface area (Å²) in [5.74, 6) is 0. The minimum atomic E-state index is 0.416. The minimum absolute atomic E-state index is 0.416. The fourth-order valence-corrected chi connectivity index (χ4v) is 2.34. The molecule has 0 aromatic heterocycles. The van der Waals surface area contributed by atoms with Gasteiger partial charge in [0, 0.05) is 15.7 Å². The molecule has 0 aliphatic heterocycles. The number of benzene rings is 2. The first-order valence-corrected chi connectivity index (χ1v) is 7.30. The molecule has 0 atom stereocenters. The summed E-state index contributed by atoms with van der Waals surface area (Å²) in [6, 6.07) is 10.7. The van der Waals surface area contributed by atoms with Crippen molar-refractivity contribution in [1.29, 1.82) is 0 Å². The third-order valence-electron chi connectivity index (χ3n) is 2.69. The molecule has 2 rings (SSSR count). The van der Waals surface area contributed by atoms with Crippen LogP contribution in [0.15, 0.2) is 36.4 Å². The van der Waals surface area contributed by atoms with Gasteiger partial charge in [-0.05, 0) is 55.0 Å². The Hall–Kier alpha value is -1.000. The molecule has 0 heterocycles. The molecule has 2 N–H and O–H groups in total. The van der Waals surface area contributed by atoms with Gasteiger partial charge >= 0.3 is 0 Å². The molecule has 2 aromatic rings. The molecule has 2 aromatic carbocycles. The normalized spacial score (nSPS) is 10.2. The van der Waals surface area contributed by atoms with Crippen molar-refractivity contribution in [3.05, 3.63) is 57.0 Å². The Bertz CT molecular complexity index is 653. The maximum absolute atomic E-state index is 6.07. The van der Waals surface area contributed by atoms with Gasteiger partial charge in [-0.3, -0.25) is 0 Å².